The Balaban J connectivity index is 1.74. The average Bonchev–Trinajstić information content (AvgIpc) is 2.42. The average molecular weight is 348 g/mol. The van der Waals surface area contributed by atoms with Crippen LogP contribution in [0.5, 0.6) is 0 Å². The fraction of sp³-hybridized carbons (Fsp3) is 0.875. The highest BCUT2D eigenvalue weighted by Gasteiger charge is 2.61. The molecule has 5 nitrogen and oxygen atoms in total. The normalized spacial score (nSPS) is 38.5. The number of halogens is 3. The molecule has 0 heterocycles. The van der Waals surface area contributed by atoms with Crippen molar-refractivity contribution < 1.29 is 27.5 Å². The van der Waals surface area contributed by atoms with E-state index in [9.17, 15) is 22.8 Å². The molecule has 2 unspecified atom stereocenters. The van der Waals surface area contributed by atoms with Crippen LogP contribution in [0.15, 0.2) is 0 Å². The molecule has 4 fully saturated rings. The lowest BCUT2D eigenvalue weighted by Gasteiger charge is -2.60. The summed E-state index contributed by atoms with van der Waals surface area (Å²) in [7, 11) is 1.36. The zero-order valence-corrected chi connectivity index (χ0v) is 13.8. The van der Waals surface area contributed by atoms with Crippen molar-refractivity contribution in [2.75, 3.05) is 7.11 Å². The molecule has 4 bridgehead atoms. The Morgan fingerprint density at radius 3 is 2.25 bits per heavy atom. The first kappa shape index (κ1) is 17.4. The number of ether oxygens (including phenoxy) is 1. The van der Waals surface area contributed by atoms with Crippen LogP contribution >= 0.6 is 0 Å². The molecule has 0 aromatic rings. The van der Waals surface area contributed by atoms with Gasteiger partial charge in [0.05, 0.1) is 12.5 Å². The number of methoxy groups -OCH3 is 1. The van der Waals surface area contributed by atoms with Gasteiger partial charge in [-0.15, -0.1) is 0 Å². The third-order valence-electron chi connectivity index (χ3n) is 5.90. The van der Waals surface area contributed by atoms with Crippen LogP contribution in [0.1, 0.15) is 45.4 Å². The van der Waals surface area contributed by atoms with Crippen LogP contribution in [0.3, 0.4) is 0 Å². The molecule has 4 aliphatic carbocycles. The van der Waals surface area contributed by atoms with Crippen LogP contribution in [0.25, 0.3) is 0 Å². The van der Waals surface area contributed by atoms with Crippen molar-refractivity contribution >= 4 is 12.0 Å². The number of amides is 2. The van der Waals surface area contributed by atoms with Crippen molar-refractivity contribution in [3.63, 3.8) is 0 Å². The molecule has 8 heteroatoms. The maximum atomic E-state index is 12.6. The molecule has 136 valence electrons. The van der Waals surface area contributed by atoms with Gasteiger partial charge in [-0.1, -0.05) is 0 Å². The van der Waals surface area contributed by atoms with E-state index in [4.69, 9.17) is 4.74 Å². The Morgan fingerprint density at radius 1 is 1.17 bits per heavy atom. The Kier molecular flexibility index (Phi) is 3.99. The van der Waals surface area contributed by atoms with Crippen LogP contribution in [-0.4, -0.2) is 36.9 Å². The highest BCUT2D eigenvalue weighted by molar-refractivity contribution is 5.79. The highest BCUT2D eigenvalue weighted by atomic mass is 19.4. The molecule has 4 aliphatic rings. The first-order valence-electron chi connectivity index (χ1n) is 8.31. The van der Waals surface area contributed by atoms with Gasteiger partial charge >= 0.3 is 18.2 Å². The third-order valence-corrected chi connectivity index (χ3v) is 5.90. The second kappa shape index (κ2) is 5.52. The highest BCUT2D eigenvalue weighted by Crippen LogP contribution is 2.61. The first-order chi connectivity index (χ1) is 11.1. The summed E-state index contributed by atoms with van der Waals surface area (Å²) in [5.74, 6) is 0.364. The summed E-state index contributed by atoms with van der Waals surface area (Å²) in [6.07, 6.45) is -0.0746. The maximum absolute atomic E-state index is 12.6. The fourth-order valence-electron chi connectivity index (χ4n) is 5.42. The van der Waals surface area contributed by atoms with Gasteiger partial charge in [0.1, 0.15) is 6.04 Å². The van der Waals surface area contributed by atoms with Crippen LogP contribution in [0.4, 0.5) is 18.0 Å². The smallest absolute Gasteiger partial charge is 0.408 e. The van der Waals surface area contributed by atoms with Gasteiger partial charge in [0.2, 0.25) is 0 Å². The van der Waals surface area contributed by atoms with E-state index in [2.05, 4.69) is 5.32 Å². The molecule has 0 saturated heterocycles. The maximum Gasteiger partial charge on any atom is 0.408 e. The minimum absolute atomic E-state index is 0.258. The van der Waals surface area contributed by atoms with Gasteiger partial charge in [0, 0.05) is 5.54 Å². The van der Waals surface area contributed by atoms with Gasteiger partial charge in [-0.25, -0.2) is 4.79 Å². The summed E-state index contributed by atoms with van der Waals surface area (Å²) in [5.41, 5.74) is -1.20. The standard InChI is InChI=1S/C16H23F3N2O3/c1-9(16(17,18)19)20-13(23)21-15-6-10-3-11(7-15)5-14(4-10,8-15)12(22)24-2/h9-11H,3-8H2,1-2H3,(H2,20,21,23)/t9-,10?,11?,14?,15?/m0/s1. The summed E-state index contributed by atoms with van der Waals surface area (Å²) in [6, 6.07) is -2.73. The van der Waals surface area contributed by atoms with Crippen molar-refractivity contribution in [2.24, 2.45) is 17.3 Å². The van der Waals surface area contributed by atoms with Gasteiger partial charge in [-0.3, -0.25) is 4.79 Å². The molecule has 0 radical (unpaired) electrons. The second-order valence-electron chi connectivity index (χ2n) is 7.88. The van der Waals surface area contributed by atoms with Gasteiger partial charge in [-0.2, -0.15) is 13.2 Å². The molecular formula is C16H23F3N2O3. The van der Waals surface area contributed by atoms with Crippen LogP contribution in [-0.2, 0) is 9.53 Å². The lowest BCUT2D eigenvalue weighted by Crippen LogP contribution is -2.66. The number of esters is 1. The zero-order chi connectivity index (χ0) is 17.8. The van der Waals surface area contributed by atoms with Crippen LogP contribution in [0.2, 0.25) is 0 Å². The molecule has 0 aromatic carbocycles. The Morgan fingerprint density at radius 2 is 1.75 bits per heavy atom. The molecule has 0 aromatic heterocycles. The minimum atomic E-state index is -4.48. The van der Waals surface area contributed by atoms with E-state index in [0.717, 1.165) is 39.0 Å². The van der Waals surface area contributed by atoms with E-state index < -0.39 is 29.2 Å². The number of nitrogens with one attached hydrogen (secondary N) is 2. The number of carbonyl (C=O) groups is 2. The molecule has 24 heavy (non-hydrogen) atoms. The topological polar surface area (TPSA) is 67.4 Å². The number of rotatable bonds is 3. The summed E-state index contributed by atoms with van der Waals surface area (Å²) >= 11 is 0. The van der Waals surface area contributed by atoms with Crippen molar-refractivity contribution in [1.82, 2.24) is 10.6 Å². The molecule has 2 amide bonds. The van der Waals surface area contributed by atoms with Crippen molar-refractivity contribution in [1.29, 1.82) is 0 Å². The molecule has 0 spiro atoms. The van der Waals surface area contributed by atoms with Crippen LogP contribution in [0, 0.1) is 17.3 Å². The summed E-state index contributed by atoms with van der Waals surface area (Å²) < 4.78 is 42.8. The van der Waals surface area contributed by atoms with E-state index in [-0.39, 0.29) is 5.97 Å². The van der Waals surface area contributed by atoms with Crippen molar-refractivity contribution in [2.45, 2.75) is 63.2 Å². The lowest BCUT2D eigenvalue weighted by molar-refractivity contribution is -0.171. The molecule has 3 atom stereocenters. The zero-order valence-electron chi connectivity index (χ0n) is 13.8. The predicted molar refractivity (Wildman–Crippen MR) is 79.0 cm³/mol. The lowest BCUT2D eigenvalue weighted by atomic mass is 9.47. The first-order valence-corrected chi connectivity index (χ1v) is 8.31. The van der Waals surface area contributed by atoms with E-state index >= 15 is 0 Å². The van der Waals surface area contributed by atoms with Crippen LogP contribution < -0.4 is 10.6 Å². The number of alkyl halides is 3. The summed E-state index contributed by atoms with van der Waals surface area (Å²) in [5, 5.41) is 4.73. The molecule has 2 N–H and O–H groups in total. The summed E-state index contributed by atoms with van der Waals surface area (Å²) in [4.78, 5) is 24.4. The SMILES string of the molecule is COC(=O)C12CC3CC(CC(NC(=O)N[C@@H](C)C(F)(F)F)(C3)C1)C2. The third kappa shape index (κ3) is 2.95. The van der Waals surface area contributed by atoms with Gasteiger partial charge in [0.15, 0.2) is 0 Å². The Hall–Kier alpha value is -1.47. The van der Waals surface area contributed by atoms with E-state index in [1.54, 1.807) is 0 Å². The Bertz CT molecular complexity index is 535. The number of hydrogen-bond acceptors (Lipinski definition) is 3. The van der Waals surface area contributed by atoms with Crippen molar-refractivity contribution in [3.8, 4) is 0 Å². The molecule has 4 rings (SSSR count). The van der Waals surface area contributed by atoms with E-state index in [1.807, 2.05) is 5.32 Å². The predicted octanol–water partition coefficient (Wildman–Crippen LogP) is 2.75. The van der Waals surface area contributed by atoms with Gasteiger partial charge < -0.3 is 15.4 Å². The Labute approximate surface area is 138 Å². The molecule has 0 aliphatic heterocycles. The van der Waals surface area contributed by atoms with Crippen molar-refractivity contribution in [3.05, 3.63) is 0 Å². The fourth-order valence-corrected chi connectivity index (χ4v) is 5.42. The van der Waals surface area contributed by atoms with E-state index in [0.29, 0.717) is 18.3 Å². The summed E-state index contributed by atoms with van der Waals surface area (Å²) in [6.45, 7) is 0.912. The number of carbonyl (C=O) groups excluding carboxylic acids is 2. The quantitative estimate of drug-likeness (QED) is 0.771. The molecular weight excluding hydrogens is 325 g/mol. The van der Waals surface area contributed by atoms with Gasteiger partial charge in [-0.05, 0) is 57.3 Å². The van der Waals surface area contributed by atoms with E-state index in [1.165, 1.54) is 7.11 Å². The minimum Gasteiger partial charge on any atom is -0.469 e. The largest absolute Gasteiger partial charge is 0.469 e. The monoisotopic (exact) mass is 348 g/mol. The number of urea groups is 1. The second-order valence-corrected chi connectivity index (χ2v) is 7.88. The van der Waals surface area contributed by atoms with Gasteiger partial charge in [0.25, 0.3) is 0 Å². The number of hydrogen-bond donors (Lipinski definition) is 2. The molecule has 4 saturated carbocycles.